The number of rotatable bonds is 5. The Kier molecular flexibility index (Phi) is 4.55. The molecule has 1 amide bonds. The number of hydrogen-bond acceptors (Lipinski definition) is 6. The lowest BCUT2D eigenvalue weighted by molar-refractivity contribution is 0.102. The third-order valence-corrected chi connectivity index (χ3v) is 3.18. The number of anilines is 1. The number of amides is 1. The number of benzene rings is 1. The predicted octanol–water partition coefficient (Wildman–Crippen LogP) is 2.57. The Morgan fingerprint density at radius 3 is 2.09 bits per heavy atom. The van der Waals surface area contributed by atoms with E-state index in [0.29, 0.717) is 40.0 Å². The number of carbonyl (C=O) groups excluding carboxylic acids is 1. The monoisotopic (exact) mass is 306 g/mol. The van der Waals surface area contributed by atoms with Gasteiger partial charge in [0.05, 0.1) is 27.0 Å². The topological polar surface area (TPSA) is 82.8 Å². The van der Waals surface area contributed by atoms with Crippen LogP contribution in [0.2, 0.25) is 0 Å². The summed E-state index contributed by atoms with van der Waals surface area (Å²) in [6.45, 7) is 3.39. The minimum absolute atomic E-state index is 0.314. The molecule has 0 atom stereocenters. The summed E-state index contributed by atoms with van der Waals surface area (Å²) in [6.07, 6.45) is 0. The Balaban J connectivity index is 2.36. The molecule has 7 nitrogen and oxygen atoms in total. The van der Waals surface area contributed by atoms with Crippen LogP contribution in [0.15, 0.2) is 16.7 Å². The Morgan fingerprint density at radius 1 is 1.09 bits per heavy atom. The van der Waals surface area contributed by atoms with Gasteiger partial charge in [-0.3, -0.25) is 4.79 Å². The summed E-state index contributed by atoms with van der Waals surface area (Å²) < 4.78 is 20.7. The molecule has 0 aliphatic carbocycles. The van der Waals surface area contributed by atoms with Crippen molar-refractivity contribution < 1.29 is 23.5 Å². The van der Waals surface area contributed by atoms with Crippen molar-refractivity contribution in [2.45, 2.75) is 13.8 Å². The van der Waals surface area contributed by atoms with Crippen LogP contribution in [0.3, 0.4) is 0 Å². The van der Waals surface area contributed by atoms with Gasteiger partial charge in [-0.25, -0.2) is 0 Å². The largest absolute Gasteiger partial charge is 0.493 e. The first kappa shape index (κ1) is 15.7. The Bertz CT molecular complexity index is 649. The van der Waals surface area contributed by atoms with E-state index < -0.39 is 0 Å². The van der Waals surface area contributed by atoms with Gasteiger partial charge < -0.3 is 24.1 Å². The van der Waals surface area contributed by atoms with Gasteiger partial charge in [-0.2, -0.15) is 0 Å². The molecule has 0 saturated heterocycles. The summed E-state index contributed by atoms with van der Waals surface area (Å²) in [7, 11) is 4.54. The van der Waals surface area contributed by atoms with E-state index in [2.05, 4.69) is 10.5 Å². The first-order valence-corrected chi connectivity index (χ1v) is 6.56. The highest BCUT2D eigenvalue weighted by Crippen LogP contribution is 2.40. The van der Waals surface area contributed by atoms with E-state index in [1.807, 2.05) is 0 Å². The van der Waals surface area contributed by atoms with Gasteiger partial charge in [0.25, 0.3) is 5.91 Å². The van der Waals surface area contributed by atoms with Crippen LogP contribution in [0.4, 0.5) is 5.69 Å². The van der Waals surface area contributed by atoms with E-state index in [0.717, 1.165) is 0 Å². The quantitative estimate of drug-likeness (QED) is 0.914. The van der Waals surface area contributed by atoms with Crippen molar-refractivity contribution in [1.82, 2.24) is 5.16 Å². The highest BCUT2D eigenvalue weighted by Gasteiger charge is 2.19. The van der Waals surface area contributed by atoms with Gasteiger partial charge in [-0.1, -0.05) is 5.16 Å². The molecule has 0 aliphatic rings. The average molecular weight is 306 g/mol. The molecule has 0 aliphatic heterocycles. The van der Waals surface area contributed by atoms with Gasteiger partial charge in [0.15, 0.2) is 11.5 Å². The third kappa shape index (κ3) is 2.83. The smallest absolute Gasteiger partial charge is 0.261 e. The number of carbonyl (C=O) groups is 1. The van der Waals surface area contributed by atoms with E-state index in [9.17, 15) is 4.79 Å². The number of ether oxygens (including phenoxy) is 3. The van der Waals surface area contributed by atoms with Crippen LogP contribution in [0.25, 0.3) is 0 Å². The molecular formula is C15H18N2O5. The number of nitrogens with zero attached hydrogens (tertiary/aromatic N) is 1. The van der Waals surface area contributed by atoms with Crippen LogP contribution < -0.4 is 19.5 Å². The normalized spacial score (nSPS) is 10.2. The Labute approximate surface area is 128 Å². The molecule has 0 unspecified atom stereocenters. The summed E-state index contributed by atoms with van der Waals surface area (Å²) in [5.74, 6) is 1.51. The molecule has 0 bridgehead atoms. The molecule has 2 rings (SSSR count). The fraction of sp³-hybridized carbons (Fsp3) is 0.333. The number of methoxy groups -OCH3 is 3. The highest BCUT2D eigenvalue weighted by molar-refractivity contribution is 6.05. The van der Waals surface area contributed by atoms with E-state index in [1.165, 1.54) is 21.3 Å². The summed E-state index contributed by atoms with van der Waals surface area (Å²) >= 11 is 0. The van der Waals surface area contributed by atoms with Crippen molar-refractivity contribution in [2.24, 2.45) is 0 Å². The summed E-state index contributed by atoms with van der Waals surface area (Å²) in [6, 6.07) is 3.30. The molecule has 1 heterocycles. The van der Waals surface area contributed by atoms with E-state index in [-0.39, 0.29) is 5.91 Å². The molecule has 2 aromatic rings. The molecule has 0 saturated carbocycles. The van der Waals surface area contributed by atoms with E-state index >= 15 is 0 Å². The predicted molar refractivity (Wildman–Crippen MR) is 80.0 cm³/mol. The lowest BCUT2D eigenvalue weighted by atomic mass is 10.2. The minimum Gasteiger partial charge on any atom is -0.493 e. The average Bonchev–Trinajstić information content (AvgIpc) is 2.85. The van der Waals surface area contributed by atoms with Crippen molar-refractivity contribution in [2.75, 3.05) is 26.6 Å². The standard InChI is InChI=1S/C15H18N2O5/c1-8-13(9(2)22-17-8)15(18)16-10-6-11(19-3)14(21-5)12(7-10)20-4/h6-7H,1-5H3,(H,16,18). The molecule has 1 aromatic heterocycles. The molecule has 7 heteroatoms. The molecule has 0 radical (unpaired) electrons. The van der Waals surface area contributed by atoms with Gasteiger partial charge in [0.1, 0.15) is 11.3 Å². The first-order chi connectivity index (χ1) is 10.5. The second-order valence-corrected chi connectivity index (χ2v) is 4.57. The van der Waals surface area contributed by atoms with Crippen LogP contribution in [0, 0.1) is 13.8 Å². The van der Waals surface area contributed by atoms with Crippen molar-refractivity contribution >= 4 is 11.6 Å². The van der Waals surface area contributed by atoms with Gasteiger partial charge >= 0.3 is 0 Å². The van der Waals surface area contributed by atoms with Crippen molar-refractivity contribution in [3.05, 3.63) is 29.2 Å². The van der Waals surface area contributed by atoms with Gasteiger partial charge in [0, 0.05) is 17.8 Å². The molecule has 1 aromatic carbocycles. The molecule has 0 fully saturated rings. The summed E-state index contributed by atoms with van der Waals surface area (Å²) in [4.78, 5) is 12.3. The van der Waals surface area contributed by atoms with Crippen LogP contribution >= 0.6 is 0 Å². The molecular weight excluding hydrogens is 288 g/mol. The zero-order valence-electron chi connectivity index (χ0n) is 13.1. The van der Waals surface area contributed by atoms with E-state index in [1.54, 1.807) is 26.0 Å². The zero-order chi connectivity index (χ0) is 16.3. The van der Waals surface area contributed by atoms with Crippen LogP contribution in [0.5, 0.6) is 17.2 Å². The maximum absolute atomic E-state index is 12.3. The van der Waals surface area contributed by atoms with Crippen LogP contribution in [0.1, 0.15) is 21.8 Å². The molecule has 22 heavy (non-hydrogen) atoms. The van der Waals surface area contributed by atoms with Gasteiger partial charge in [-0.15, -0.1) is 0 Å². The lowest BCUT2D eigenvalue weighted by Crippen LogP contribution is -2.14. The highest BCUT2D eigenvalue weighted by atomic mass is 16.5. The maximum atomic E-state index is 12.3. The number of aryl methyl sites for hydroxylation is 2. The second-order valence-electron chi connectivity index (χ2n) is 4.57. The van der Waals surface area contributed by atoms with Crippen LogP contribution in [-0.2, 0) is 0 Å². The Hall–Kier alpha value is -2.70. The van der Waals surface area contributed by atoms with E-state index in [4.69, 9.17) is 18.7 Å². The van der Waals surface area contributed by atoms with Crippen molar-refractivity contribution in [3.63, 3.8) is 0 Å². The molecule has 118 valence electrons. The van der Waals surface area contributed by atoms with Gasteiger partial charge in [0.2, 0.25) is 5.75 Å². The third-order valence-electron chi connectivity index (χ3n) is 3.18. The van der Waals surface area contributed by atoms with Crippen molar-refractivity contribution in [1.29, 1.82) is 0 Å². The Morgan fingerprint density at radius 2 is 1.68 bits per heavy atom. The number of aromatic nitrogens is 1. The first-order valence-electron chi connectivity index (χ1n) is 6.56. The molecule has 1 N–H and O–H groups in total. The minimum atomic E-state index is -0.314. The van der Waals surface area contributed by atoms with Crippen molar-refractivity contribution in [3.8, 4) is 17.2 Å². The SMILES string of the molecule is COc1cc(NC(=O)c2c(C)noc2C)cc(OC)c1OC. The fourth-order valence-corrected chi connectivity index (χ4v) is 2.15. The maximum Gasteiger partial charge on any atom is 0.261 e. The summed E-state index contributed by atoms with van der Waals surface area (Å²) in [5, 5.41) is 6.54. The lowest BCUT2D eigenvalue weighted by Gasteiger charge is -2.14. The summed E-state index contributed by atoms with van der Waals surface area (Å²) in [5.41, 5.74) is 1.45. The van der Waals surface area contributed by atoms with Crippen LogP contribution in [-0.4, -0.2) is 32.4 Å². The van der Waals surface area contributed by atoms with Gasteiger partial charge in [-0.05, 0) is 13.8 Å². The second kappa shape index (κ2) is 6.38. The molecule has 0 spiro atoms. The zero-order valence-corrected chi connectivity index (χ0v) is 13.1. The number of hydrogen-bond donors (Lipinski definition) is 1. The number of nitrogens with one attached hydrogen (secondary N) is 1. The fourth-order valence-electron chi connectivity index (χ4n) is 2.15.